The lowest BCUT2D eigenvalue weighted by Crippen LogP contribution is -2.48. The van der Waals surface area contributed by atoms with Gasteiger partial charge in [-0.2, -0.15) is 0 Å². The smallest absolute Gasteiger partial charge is 0.192 e. The van der Waals surface area contributed by atoms with Crippen LogP contribution in [0.25, 0.3) is 0 Å². The third kappa shape index (κ3) is 5.16. The van der Waals surface area contributed by atoms with E-state index in [0.29, 0.717) is 12.6 Å². The van der Waals surface area contributed by atoms with Crippen LogP contribution in [0.2, 0.25) is 0 Å². The second-order valence-corrected chi connectivity index (χ2v) is 9.14. The van der Waals surface area contributed by atoms with Gasteiger partial charge in [0.15, 0.2) is 11.8 Å². The summed E-state index contributed by atoms with van der Waals surface area (Å²) in [5.41, 5.74) is 0. The summed E-state index contributed by atoms with van der Waals surface area (Å²) in [5, 5.41) is 21.1. The molecule has 1 saturated heterocycles. The van der Waals surface area contributed by atoms with Crippen molar-refractivity contribution in [3.05, 3.63) is 51.6 Å². The Balaban J connectivity index is 1.38. The summed E-state index contributed by atoms with van der Waals surface area (Å²) in [6, 6.07) is 8.96. The lowest BCUT2D eigenvalue weighted by atomic mass is 10.1. The summed E-state index contributed by atoms with van der Waals surface area (Å²) in [5.74, 6) is 2.61. The molecule has 154 valence electrons. The first-order chi connectivity index (χ1) is 14.2. The van der Waals surface area contributed by atoms with Gasteiger partial charge in [0.1, 0.15) is 12.4 Å². The van der Waals surface area contributed by atoms with E-state index in [2.05, 4.69) is 60.8 Å². The van der Waals surface area contributed by atoms with Crippen molar-refractivity contribution in [1.29, 1.82) is 0 Å². The zero-order chi connectivity index (χ0) is 20.1. The Morgan fingerprint density at radius 2 is 1.97 bits per heavy atom. The largest absolute Gasteiger partial charge is 0.363 e. The molecular weight excluding hydrogens is 402 g/mol. The molecule has 2 N–H and O–H groups in total. The predicted octanol–water partition coefficient (Wildman–Crippen LogP) is 3.15. The fourth-order valence-electron chi connectivity index (χ4n) is 3.36. The van der Waals surface area contributed by atoms with Crippen LogP contribution in [0.5, 0.6) is 0 Å². The Hall–Kier alpha value is -2.39. The van der Waals surface area contributed by atoms with Gasteiger partial charge in [0, 0.05) is 31.1 Å². The molecular formula is C20H27N7S2. The van der Waals surface area contributed by atoms with Gasteiger partial charge >= 0.3 is 0 Å². The highest BCUT2D eigenvalue weighted by Crippen LogP contribution is 2.24. The zero-order valence-electron chi connectivity index (χ0n) is 16.8. The van der Waals surface area contributed by atoms with Crippen molar-refractivity contribution >= 4 is 33.6 Å². The number of aromatic nitrogens is 3. The molecule has 1 aliphatic heterocycles. The first-order valence-electron chi connectivity index (χ1n) is 9.89. The maximum absolute atomic E-state index is 4.79. The Morgan fingerprint density at radius 1 is 1.17 bits per heavy atom. The summed E-state index contributed by atoms with van der Waals surface area (Å²) in [6.45, 7) is 5.37. The third-order valence-corrected chi connectivity index (χ3v) is 7.03. The van der Waals surface area contributed by atoms with E-state index in [4.69, 9.17) is 4.99 Å². The van der Waals surface area contributed by atoms with Gasteiger partial charge in [0.25, 0.3) is 0 Å². The molecule has 0 amide bonds. The summed E-state index contributed by atoms with van der Waals surface area (Å²) in [4.78, 5) is 8.56. The number of guanidine groups is 1. The van der Waals surface area contributed by atoms with Gasteiger partial charge in [-0.1, -0.05) is 6.07 Å². The highest BCUT2D eigenvalue weighted by molar-refractivity contribution is 7.14. The van der Waals surface area contributed by atoms with E-state index >= 15 is 0 Å². The summed E-state index contributed by atoms with van der Waals surface area (Å²) in [6.07, 6.45) is 2.20. The van der Waals surface area contributed by atoms with E-state index in [-0.39, 0.29) is 0 Å². The first-order valence-corrected chi connectivity index (χ1v) is 11.7. The Kier molecular flexibility index (Phi) is 6.46. The Bertz CT molecular complexity index is 907. The molecule has 0 aliphatic carbocycles. The average molecular weight is 430 g/mol. The molecule has 1 fully saturated rings. The van der Waals surface area contributed by atoms with Crippen molar-refractivity contribution in [3.8, 4) is 0 Å². The number of aliphatic imine (C=N–C) groups is 1. The van der Waals surface area contributed by atoms with Gasteiger partial charge in [-0.25, -0.2) is 4.99 Å². The lowest BCUT2D eigenvalue weighted by molar-refractivity contribution is 0.462. The van der Waals surface area contributed by atoms with Gasteiger partial charge in [-0.15, -0.1) is 32.9 Å². The first kappa shape index (κ1) is 19.9. The van der Waals surface area contributed by atoms with Crippen molar-refractivity contribution in [2.75, 3.05) is 18.0 Å². The number of hydrogen-bond acceptors (Lipinski definition) is 6. The van der Waals surface area contributed by atoms with Gasteiger partial charge in [-0.3, -0.25) is 0 Å². The van der Waals surface area contributed by atoms with Crippen LogP contribution >= 0.6 is 22.7 Å². The standard InChI is InChI=1S/C20H27N7S2/c1-15-24-25-18(26(15)2)14-22-20(21-13-17-5-3-11-28-17)23-16-7-9-27(10-8-16)19-6-4-12-29-19/h3-6,11-12,16H,7-10,13-14H2,1-2H3,(H2,21,22,23). The van der Waals surface area contributed by atoms with Crippen LogP contribution in [-0.4, -0.2) is 39.9 Å². The topological polar surface area (TPSA) is 70.4 Å². The minimum atomic E-state index is 0.419. The molecule has 3 aromatic heterocycles. The SMILES string of the molecule is Cc1nnc(CN=C(NCc2cccs2)NC2CCN(c3cccs3)CC2)n1C. The van der Waals surface area contributed by atoms with Crippen molar-refractivity contribution in [3.63, 3.8) is 0 Å². The van der Waals surface area contributed by atoms with Gasteiger partial charge in [0.05, 0.1) is 11.5 Å². The van der Waals surface area contributed by atoms with Crippen LogP contribution in [0.15, 0.2) is 40.0 Å². The molecule has 0 radical (unpaired) electrons. The molecule has 29 heavy (non-hydrogen) atoms. The predicted molar refractivity (Wildman–Crippen MR) is 121 cm³/mol. The number of anilines is 1. The quantitative estimate of drug-likeness (QED) is 0.465. The maximum Gasteiger partial charge on any atom is 0.192 e. The monoisotopic (exact) mass is 429 g/mol. The molecule has 0 atom stereocenters. The molecule has 0 saturated carbocycles. The van der Waals surface area contributed by atoms with E-state index in [1.54, 1.807) is 11.3 Å². The molecule has 0 spiro atoms. The van der Waals surface area contributed by atoms with E-state index in [1.165, 1.54) is 9.88 Å². The summed E-state index contributed by atoms with van der Waals surface area (Å²) < 4.78 is 1.99. The molecule has 0 aromatic carbocycles. The average Bonchev–Trinajstić information content (AvgIpc) is 3.50. The number of rotatable bonds is 6. The van der Waals surface area contributed by atoms with E-state index < -0.39 is 0 Å². The number of nitrogens with zero attached hydrogens (tertiary/aromatic N) is 5. The van der Waals surface area contributed by atoms with Gasteiger partial charge in [-0.05, 0) is 48.7 Å². The van der Waals surface area contributed by atoms with Crippen LogP contribution < -0.4 is 15.5 Å². The summed E-state index contributed by atoms with van der Waals surface area (Å²) >= 11 is 3.57. The van der Waals surface area contributed by atoms with Gasteiger partial charge in [0.2, 0.25) is 0 Å². The minimum Gasteiger partial charge on any atom is -0.363 e. The summed E-state index contributed by atoms with van der Waals surface area (Å²) in [7, 11) is 1.98. The number of piperidine rings is 1. The van der Waals surface area contributed by atoms with Crippen LogP contribution in [0.1, 0.15) is 29.4 Å². The third-order valence-electron chi connectivity index (χ3n) is 5.23. The van der Waals surface area contributed by atoms with Crippen LogP contribution in [0.4, 0.5) is 5.00 Å². The van der Waals surface area contributed by atoms with Crippen LogP contribution in [0.3, 0.4) is 0 Å². The second kappa shape index (κ2) is 9.41. The van der Waals surface area contributed by atoms with E-state index in [0.717, 1.165) is 50.1 Å². The molecule has 9 heteroatoms. The number of nitrogens with one attached hydrogen (secondary N) is 2. The molecule has 4 rings (SSSR count). The van der Waals surface area contributed by atoms with E-state index in [1.807, 2.05) is 29.9 Å². The van der Waals surface area contributed by atoms with Crippen LogP contribution in [0, 0.1) is 6.92 Å². The molecule has 3 aromatic rings. The lowest BCUT2D eigenvalue weighted by Gasteiger charge is -2.33. The van der Waals surface area contributed by atoms with Crippen molar-refractivity contribution in [1.82, 2.24) is 25.4 Å². The number of aryl methyl sites for hydroxylation is 1. The fourth-order valence-corrected chi connectivity index (χ4v) is 4.79. The molecule has 1 aliphatic rings. The zero-order valence-corrected chi connectivity index (χ0v) is 18.5. The van der Waals surface area contributed by atoms with Crippen molar-refractivity contribution in [2.45, 2.75) is 38.9 Å². The maximum atomic E-state index is 4.79. The highest BCUT2D eigenvalue weighted by atomic mass is 32.1. The molecule has 0 unspecified atom stereocenters. The van der Waals surface area contributed by atoms with E-state index in [9.17, 15) is 0 Å². The second-order valence-electron chi connectivity index (χ2n) is 7.18. The Morgan fingerprint density at radius 3 is 2.62 bits per heavy atom. The van der Waals surface area contributed by atoms with Crippen LogP contribution in [-0.2, 0) is 20.1 Å². The minimum absolute atomic E-state index is 0.419. The number of thiophene rings is 2. The normalized spacial score (nSPS) is 15.7. The molecule has 0 bridgehead atoms. The van der Waals surface area contributed by atoms with Crippen molar-refractivity contribution in [2.24, 2.45) is 12.0 Å². The van der Waals surface area contributed by atoms with Gasteiger partial charge < -0.3 is 20.1 Å². The Labute approximate surface area is 179 Å². The fraction of sp³-hybridized carbons (Fsp3) is 0.450. The highest BCUT2D eigenvalue weighted by Gasteiger charge is 2.21. The molecule has 4 heterocycles. The van der Waals surface area contributed by atoms with Crippen molar-refractivity contribution < 1.29 is 0 Å². The molecule has 7 nitrogen and oxygen atoms in total. The number of hydrogen-bond donors (Lipinski definition) is 2.